The summed E-state index contributed by atoms with van der Waals surface area (Å²) in [5.74, 6) is 0.610. The zero-order valence-electron chi connectivity index (χ0n) is 13.0. The van der Waals surface area contributed by atoms with E-state index in [-0.39, 0.29) is 12.4 Å². The number of ether oxygens (including phenoxy) is 1. The molecule has 0 unspecified atom stereocenters. The molecule has 1 aliphatic heterocycles. The maximum Gasteiger partial charge on any atom is 0.419 e. The van der Waals surface area contributed by atoms with Crippen molar-refractivity contribution >= 4 is 0 Å². The number of aliphatic hydroxyl groups is 2. The number of fused-ring (bicyclic) bond motifs is 1. The molecule has 0 amide bonds. The van der Waals surface area contributed by atoms with Crippen LogP contribution in [0.1, 0.15) is 31.4 Å². The third-order valence-electron chi connectivity index (χ3n) is 3.98. The Bertz CT molecular complexity index is 585. The van der Waals surface area contributed by atoms with Crippen LogP contribution in [0.25, 0.3) is 0 Å². The van der Waals surface area contributed by atoms with E-state index in [4.69, 9.17) is 19.6 Å². The molecule has 0 saturated carbocycles. The van der Waals surface area contributed by atoms with Crippen molar-refractivity contribution in [2.24, 2.45) is 0 Å². The first-order valence-corrected chi connectivity index (χ1v) is 6.95. The van der Waals surface area contributed by atoms with Crippen molar-refractivity contribution in [1.29, 1.82) is 0 Å². The van der Waals surface area contributed by atoms with E-state index in [1.165, 1.54) is 21.0 Å². The Morgan fingerprint density at radius 1 is 1.26 bits per heavy atom. The number of methoxy groups -OCH3 is 1. The number of alkyl halides is 3. The fourth-order valence-corrected chi connectivity index (χ4v) is 2.84. The molecule has 23 heavy (non-hydrogen) atoms. The van der Waals surface area contributed by atoms with Gasteiger partial charge >= 0.3 is 6.18 Å². The molecule has 0 saturated heterocycles. The number of halogens is 3. The molecule has 1 aromatic carbocycles. The molecule has 1 atom stereocenters. The Balaban J connectivity index is 2.50. The largest absolute Gasteiger partial charge is 0.496 e. The number of aliphatic hydroxyl groups excluding tert-OH is 1. The molecule has 0 spiro atoms. The van der Waals surface area contributed by atoms with E-state index in [1.807, 2.05) is 0 Å². The highest BCUT2D eigenvalue weighted by molar-refractivity contribution is 5.54. The van der Waals surface area contributed by atoms with Crippen molar-refractivity contribution in [3.05, 3.63) is 23.3 Å². The van der Waals surface area contributed by atoms with Gasteiger partial charge in [0.25, 0.3) is 0 Å². The van der Waals surface area contributed by atoms with Crippen LogP contribution in [0.2, 0.25) is 0 Å². The van der Waals surface area contributed by atoms with E-state index in [0.717, 1.165) is 0 Å². The lowest BCUT2D eigenvalue weighted by Crippen LogP contribution is -2.52. The van der Waals surface area contributed by atoms with Crippen molar-refractivity contribution in [2.45, 2.75) is 44.1 Å². The van der Waals surface area contributed by atoms with Crippen molar-refractivity contribution in [1.82, 2.24) is 0 Å². The van der Waals surface area contributed by atoms with Crippen LogP contribution < -0.4 is 9.62 Å². The third kappa shape index (κ3) is 3.11. The summed E-state index contributed by atoms with van der Waals surface area (Å²) in [6.45, 7) is 1.76. The first kappa shape index (κ1) is 17.8. The highest BCUT2D eigenvalue weighted by Gasteiger charge is 2.56. The van der Waals surface area contributed by atoms with Crippen molar-refractivity contribution in [3.8, 4) is 11.5 Å². The summed E-state index contributed by atoms with van der Waals surface area (Å²) in [6, 6.07) is 3.31. The Morgan fingerprint density at radius 3 is 2.43 bits per heavy atom. The summed E-state index contributed by atoms with van der Waals surface area (Å²) in [5, 5.41) is 19.0. The molecule has 1 heterocycles. The number of rotatable bonds is 5. The average molecular weight is 336 g/mol. The normalized spacial score (nSPS) is 17.4. The number of hydrogen-bond acceptors (Lipinski definition) is 5. The Kier molecular flexibility index (Phi) is 4.53. The summed E-state index contributed by atoms with van der Waals surface area (Å²) >= 11 is 0. The van der Waals surface area contributed by atoms with Crippen molar-refractivity contribution < 1.29 is 37.9 Å². The van der Waals surface area contributed by atoms with Crippen LogP contribution in [0.3, 0.4) is 0 Å². The van der Waals surface area contributed by atoms with Crippen LogP contribution >= 0.6 is 0 Å². The summed E-state index contributed by atoms with van der Waals surface area (Å²) in [5.41, 5.74) is -3.42. The monoisotopic (exact) mass is 336 g/mol. The standard InChI is InChI=1S/C15H19F3O5/c1-13(2,7-14(20,8-19)15(16,17)18)11-10(21-3)5-4-9-6-22-23-12(9)11/h4-5,19-20H,6-8H2,1-3H3/t14-/m0/s1. The fraction of sp³-hybridized carbons (Fsp3) is 0.600. The molecule has 0 aliphatic carbocycles. The summed E-state index contributed by atoms with van der Waals surface area (Å²) in [4.78, 5) is 9.97. The molecule has 1 aromatic rings. The van der Waals surface area contributed by atoms with Gasteiger partial charge in [-0.05, 0) is 18.6 Å². The molecule has 2 rings (SSSR count). The van der Waals surface area contributed by atoms with E-state index in [9.17, 15) is 18.3 Å². The van der Waals surface area contributed by atoms with Gasteiger partial charge in [-0.15, -0.1) is 0 Å². The van der Waals surface area contributed by atoms with Crippen LogP contribution in [0.4, 0.5) is 13.2 Å². The lowest BCUT2D eigenvalue weighted by molar-refractivity contribution is -0.277. The summed E-state index contributed by atoms with van der Waals surface area (Å²) in [7, 11) is 1.39. The predicted molar refractivity (Wildman–Crippen MR) is 74.1 cm³/mol. The van der Waals surface area contributed by atoms with Crippen LogP contribution in [-0.2, 0) is 16.9 Å². The van der Waals surface area contributed by atoms with Crippen molar-refractivity contribution in [3.63, 3.8) is 0 Å². The third-order valence-corrected chi connectivity index (χ3v) is 3.98. The highest BCUT2D eigenvalue weighted by atomic mass is 19.4. The van der Waals surface area contributed by atoms with E-state index < -0.39 is 30.2 Å². The topological polar surface area (TPSA) is 68.2 Å². The zero-order chi connectivity index (χ0) is 17.5. The smallest absolute Gasteiger partial charge is 0.419 e. The molecular weight excluding hydrogens is 317 g/mol. The summed E-state index contributed by atoms with van der Waals surface area (Å²) < 4.78 is 44.6. The van der Waals surface area contributed by atoms with E-state index in [2.05, 4.69) is 0 Å². The lowest BCUT2D eigenvalue weighted by Gasteiger charge is -2.37. The van der Waals surface area contributed by atoms with Crippen molar-refractivity contribution in [2.75, 3.05) is 13.7 Å². The number of hydrogen-bond donors (Lipinski definition) is 2. The maximum atomic E-state index is 13.1. The quantitative estimate of drug-likeness (QED) is 0.809. The van der Waals surface area contributed by atoms with Crippen LogP contribution in [0.15, 0.2) is 12.1 Å². The molecule has 8 heteroatoms. The van der Waals surface area contributed by atoms with E-state index >= 15 is 0 Å². The molecule has 2 N–H and O–H groups in total. The molecule has 0 bridgehead atoms. The maximum absolute atomic E-state index is 13.1. The first-order chi connectivity index (χ1) is 10.6. The number of benzene rings is 1. The summed E-state index contributed by atoms with van der Waals surface area (Å²) in [6.07, 6.45) is -5.74. The second kappa shape index (κ2) is 5.85. The SMILES string of the molecule is COc1ccc2c(c1C(C)(C)C[C@](O)(CO)C(F)(F)F)OOC2. The first-order valence-electron chi connectivity index (χ1n) is 6.95. The minimum absolute atomic E-state index is 0.173. The van der Waals surface area contributed by atoms with Gasteiger partial charge in [0.1, 0.15) is 12.4 Å². The Labute approximate surface area is 131 Å². The van der Waals surface area contributed by atoms with Gasteiger partial charge in [-0.2, -0.15) is 18.1 Å². The average Bonchev–Trinajstić information content (AvgIpc) is 2.92. The lowest BCUT2D eigenvalue weighted by atomic mass is 9.74. The fourth-order valence-electron chi connectivity index (χ4n) is 2.84. The van der Waals surface area contributed by atoms with E-state index in [1.54, 1.807) is 12.1 Å². The molecule has 0 fully saturated rings. The molecule has 130 valence electrons. The van der Waals surface area contributed by atoms with Gasteiger partial charge < -0.3 is 19.8 Å². The van der Waals surface area contributed by atoms with Gasteiger partial charge in [-0.25, -0.2) is 0 Å². The minimum Gasteiger partial charge on any atom is -0.496 e. The molecular formula is C15H19F3O5. The highest BCUT2D eigenvalue weighted by Crippen LogP contribution is 2.48. The van der Waals surface area contributed by atoms with Gasteiger partial charge in [0.05, 0.1) is 13.7 Å². The van der Waals surface area contributed by atoms with Gasteiger partial charge in [0.15, 0.2) is 11.4 Å². The van der Waals surface area contributed by atoms with Gasteiger partial charge in [0.2, 0.25) is 0 Å². The second-order valence-electron chi connectivity index (χ2n) is 6.22. The molecule has 5 nitrogen and oxygen atoms in total. The zero-order valence-corrected chi connectivity index (χ0v) is 13.0. The second-order valence-corrected chi connectivity index (χ2v) is 6.22. The van der Waals surface area contributed by atoms with Gasteiger partial charge in [0, 0.05) is 16.5 Å². The van der Waals surface area contributed by atoms with Crippen LogP contribution in [0.5, 0.6) is 11.5 Å². The molecule has 0 radical (unpaired) electrons. The minimum atomic E-state index is -4.97. The van der Waals surface area contributed by atoms with E-state index in [0.29, 0.717) is 16.9 Å². The Hall–Kier alpha value is -1.51. The van der Waals surface area contributed by atoms with Gasteiger partial charge in [-0.3, -0.25) is 0 Å². The van der Waals surface area contributed by atoms with Gasteiger partial charge in [-0.1, -0.05) is 13.8 Å². The predicted octanol–water partition coefficient (Wildman–Crippen LogP) is 2.47. The Morgan fingerprint density at radius 2 is 1.91 bits per heavy atom. The molecule has 0 aromatic heterocycles. The van der Waals surface area contributed by atoms with Crippen LogP contribution in [0, 0.1) is 0 Å². The molecule has 1 aliphatic rings. The van der Waals surface area contributed by atoms with Crippen LogP contribution in [-0.4, -0.2) is 35.7 Å².